The minimum Gasteiger partial charge on any atom is -0.464 e. The topological polar surface area (TPSA) is 69.7 Å². The number of carbonyl (C=O) groups is 3. The number of ketones is 2. The van der Waals surface area contributed by atoms with Gasteiger partial charge in [0.15, 0.2) is 0 Å². The molecule has 116 valence electrons. The summed E-state index contributed by atoms with van der Waals surface area (Å²) in [6.45, 7) is 2.45. The highest BCUT2D eigenvalue weighted by atomic mass is 16.6. The van der Waals surface area contributed by atoms with Crippen LogP contribution in [0, 0.1) is 0 Å². The van der Waals surface area contributed by atoms with Gasteiger partial charge in [0.05, 0.1) is 5.57 Å². The summed E-state index contributed by atoms with van der Waals surface area (Å²) in [6, 6.07) is 9.33. The number of hydrogen-bond donors (Lipinski definition) is 0. The molecule has 5 nitrogen and oxygen atoms in total. The lowest BCUT2D eigenvalue weighted by molar-refractivity contribution is -0.167. The first kappa shape index (κ1) is 15.0. The van der Waals surface area contributed by atoms with E-state index in [0.717, 1.165) is 12.5 Å². The van der Waals surface area contributed by atoms with Crippen molar-refractivity contribution in [1.29, 1.82) is 0 Å². The lowest BCUT2D eigenvalue weighted by Crippen LogP contribution is -2.50. The molecule has 0 amide bonds. The van der Waals surface area contributed by atoms with Gasteiger partial charge in [-0.3, -0.25) is 14.4 Å². The molecule has 1 aliphatic carbocycles. The molecule has 3 rings (SSSR count). The third-order valence-electron chi connectivity index (χ3n) is 3.74. The summed E-state index contributed by atoms with van der Waals surface area (Å²) in [6.07, 6.45) is 4.24. The molecule has 0 radical (unpaired) electrons. The van der Waals surface area contributed by atoms with Crippen LogP contribution in [0.15, 0.2) is 59.9 Å². The standard InChI is InChI=1S/C18H14O5/c1-11(19)23-18(2)16(20)9-13-8-15(12-6-4-3-5-7-12)22-10-14(13)17(18)21/h3-10H,1-2H3. The Morgan fingerprint density at radius 1 is 1.13 bits per heavy atom. The Hall–Kier alpha value is -2.95. The number of allylic oxidation sites excluding steroid dienone is 2. The minimum atomic E-state index is -1.83. The lowest BCUT2D eigenvalue weighted by atomic mass is 9.80. The number of rotatable bonds is 2. The van der Waals surface area contributed by atoms with E-state index in [-0.39, 0.29) is 5.57 Å². The Morgan fingerprint density at radius 2 is 1.83 bits per heavy atom. The van der Waals surface area contributed by atoms with E-state index in [2.05, 4.69) is 0 Å². The Kier molecular flexibility index (Phi) is 3.48. The molecule has 1 unspecified atom stereocenters. The van der Waals surface area contributed by atoms with Gasteiger partial charge in [0.1, 0.15) is 12.0 Å². The smallest absolute Gasteiger partial charge is 0.304 e. The maximum Gasteiger partial charge on any atom is 0.304 e. The van der Waals surface area contributed by atoms with E-state index in [9.17, 15) is 14.4 Å². The Labute approximate surface area is 132 Å². The second-order valence-electron chi connectivity index (χ2n) is 5.44. The molecule has 1 atom stereocenters. The van der Waals surface area contributed by atoms with Gasteiger partial charge in [-0.15, -0.1) is 0 Å². The van der Waals surface area contributed by atoms with E-state index in [0.29, 0.717) is 11.3 Å². The van der Waals surface area contributed by atoms with Gasteiger partial charge in [-0.2, -0.15) is 0 Å². The van der Waals surface area contributed by atoms with E-state index in [4.69, 9.17) is 9.47 Å². The molecule has 23 heavy (non-hydrogen) atoms. The predicted molar refractivity (Wildman–Crippen MR) is 81.9 cm³/mol. The molecule has 1 heterocycles. The average molecular weight is 310 g/mol. The van der Waals surface area contributed by atoms with Crippen molar-refractivity contribution >= 4 is 23.3 Å². The van der Waals surface area contributed by atoms with E-state index in [1.807, 2.05) is 30.3 Å². The van der Waals surface area contributed by atoms with Gasteiger partial charge < -0.3 is 9.47 Å². The summed E-state index contributed by atoms with van der Waals surface area (Å²) in [5.74, 6) is -1.30. The highest BCUT2D eigenvalue weighted by Crippen LogP contribution is 2.35. The van der Waals surface area contributed by atoms with Gasteiger partial charge in [-0.25, -0.2) is 0 Å². The number of Topliss-reactive ketones (excluding diaryl/α,β-unsaturated/α-hetero) is 1. The first-order chi connectivity index (χ1) is 10.9. The zero-order chi connectivity index (χ0) is 16.6. The van der Waals surface area contributed by atoms with Crippen molar-refractivity contribution in [2.24, 2.45) is 0 Å². The molecule has 0 fully saturated rings. The van der Waals surface area contributed by atoms with E-state index < -0.39 is 23.1 Å². The first-order valence-corrected chi connectivity index (χ1v) is 7.06. The van der Waals surface area contributed by atoms with Gasteiger partial charge in [0.2, 0.25) is 17.2 Å². The lowest BCUT2D eigenvalue weighted by Gasteiger charge is -2.31. The van der Waals surface area contributed by atoms with Crippen molar-refractivity contribution in [3.05, 3.63) is 65.5 Å². The summed E-state index contributed by atoms with van der Waals surface area (Å²) in [4.78, 5) is 36.0. The van der Waals surface area contributed by atoms with E-state index >= 15 is 0 Å². The van der Waals surface area contributed by atoms with Crippen LogP contribution in [-0.2, 0) is 23.9 Å². The number of benzene rings is 1. The van der Waals surface area contributed by atoms with Crippen molar-refractivity contribution in [1.82, 2.24) is 0 Å². The molecule has 0 aromatic heterocycles. The predicted octanol–water partition coefficient (Wildman–Crippen LogP) is 2.34. The SMILES string of the molecule is CC(=O)OC1(C)C(=O)C=C2C=C(c3ccccc3)OC=C2C1=O. The summed E-state index contributed by atoms with van der Waals surface area (Å²) >= 11 is 0. The summed E-state index contributed by atoms with van der Waals surface area (Å²) < 4.78 is 10.5. The molecule has 0 saturated carbocycles. The molecular weight excluding hydrogens is 296 g/mol. The third kappa shape index (κ3) is 2.50. The van der Waals surface area contributed by atoms with Gasteiger partial charge in [-0.05, 0) is 24.6 Å². The van der Waals surface area contributed by atoms with Crippen LogP contribution in [0.1, 0.15) is 19.4 Å². The second-order valence-corrected chi connectivity index (χ2v) is 5.44. The zero-order valence-corrected chi connectivity index (χ0v) is 12.7. The van der Waals surface area contributed by atoms with Crippen LogP contribution in [0.5, 0.6) is 0 Å². The fourth-order valence-electron chi connectivity index (χ4n) is 2.53. The molecule has 5 heteroatoms. The summed E-state index contributed by atoms with van der Waals surface area (Å²) in [5.41, 5.74) is -0.331. The Bertz CT molecular complexity index is 798. The monoisotopic (exact) mass is 310 g/mol. The van der Waals surface area contributed by atoms with Crippen molar-refractivity contribution in [2.45, 2.75) is 19.4 Å². The van der Waals surface area contributed by atoms with Crippen LogP contribution in [0.2, 0.25) is 0 Å². The Balaban J connectivity index is 2.01. The molecule has 1 aromatic carbocycles. The quantitative estimate of drug-likeness (QED) is 0.619. The van der Waals surface area contributed by atoms with Gasteiger partial charge >= 0.3 is 5.97 Å². The number of esters is 1. The molecule has 0 N–H and O–H groups in total. The number of carbonyl (C=O) groups excluding carboxylic acids is 3. The fraction of sp³-hybridized carbons (Fsp3) is 0.167. The molecule has 0 saturated heterocycles. The van der Waals surface area contributed by atoms with Crippen LogP contribution in [0.25, 0.3) is 5.76 Å². The zero-order valence-electron chi connectivity index (χ0n) is 12.7. The number of ether oxygens (including phenoxy) is 2. The van der Waals surface area contributed by atoms with Crippen LogP contribution in [0.3, 0.4) is 0 Å². The second kappa shape index (κ2) is 5.35. The Morgan fingerprint density at radius 3 is 2.48 bits per heavy atom. The molecule has 0 spiro atoms. The van der Waals surface area contributed by atoms with Crippen LogP contribution < -0.4 is 0 Å². The minimum absolute atomic E-state index is 0.216. The van der Waals surface area contributed by atoms with Gasteiger partial charge in [0, 0.05) is 12.5 Å². The van der Waals surface area contributed by atoms with Crippen LogP contribution in [0.4, 0.5) is 0 Å². The van der Waals surface area contributed by atoms with Crippen molar-refractivity contribution < 1.29 is 23.9 Å². The molecule has 2 aliphatic rings. The fourth-order valence-corrected chi connectivity index (χ4v) is 2.53. The maximum atomic E-state index is 12.6. The maximum absolute atomic E-state index is 12.6. The molecule has 0 bridgehead atoms. The van der Waals surface area contributed by atoms with Crippen molar-refractivity contribution in [2.75, 3.05) is 0 Å². The molecule has 1 aliphatic heterocycles. The van der Waals surface area contributed by atoms with E-state index in [1.54, 1.807) is 6.08 Å². The van der Waals surface area contributed by atoms with Gasteiger partial charge in [0.25, 0.3) is 0 Å². The van der Waals surface area contributed by atoms with Crippen LogP contribution >= 0.6 is 0 Å². The van der Waals surface area contributed by atoms with E-state index in [1.165, 1.54) is 19.3 Å². The van der Waals surface area contributed by atoms with Crippen molar-refractivity contribution in [3.63, 3.8) is 0 Å². The first-order valence-electron chi connectivity index (χ1n) is 7.06. The summed E-state index contributed by atoms with van der Waals surface area (Å²) in [5, 5.41) is 0. The third-order valence-corrected chi connectivity index (χ3v) is 3.74. The highest BCUT2D eigenvalue weighted by molar-refractivity contribution is 6.26. The number of hydrogen-bond acceptors (Lipinski definition) is 5. The van der Waals surface area contributed by atoms with Crippen LogP contribution in [-0.4, -0.2) is 23.1 Å². The highest BCUT2D eigenvalue weighted by Gasteiger charge is 2.49. The normalized spacial score (nSPS) is 23.1. The van der Waals surface area contributed by atoms with Crippen molar-refractivity contribution in [3.8, 4) is 0 Å². The summed E-state index contributed by atoms with van der Waals surface area (Å²) in [7, 11) is 0. The average Bonchev–Trinajstić information content (AvgIpc) is 2.53. The molecular formula is C18H14O5. The number of fused-ring (bicyclic) bond motifs is 1. The van der Waals surface area contributed by atoms with Gasteiger partial charge in [-0.1, -0.05) is 30.3 Å². The largest absolute Gasteiger partial charge is 0.464 e. The molecule has 1 aromatic rings.